The predicted octanol–water partition coefficient (Wildman–Crippen LogP) is 4.85. The van der Waals surface area contributed by atoms with Gasteiger partial charge in [0.25, 0.3) is 0 Å². The van der Waals surface area contributed by atoms with Crippen molar-refractivity contribution >= 4 is 0 Å². The van der Waals surface area contributed by atoms with Crippen LogP contribution in [0.1, 0.15) is 38.3 Å². The summed E-state index contributed by atoms with van der Waals surface area (Å²) >= 11 is 0. The van der Waals surface area contributed by atoms with Gasteiger partial charge in [-0.3, -0.25) is 0 Å². The second kappa shape index (κ2) is 11.8. The molecule has 0 heterocycles. The van der Waals surface area contributed by atoms with E-state index in [2.05, 4.69) is 6.58 Å². The molecule has 0 aromatic heterocycles. The molecule has 1 aromatic carbocycles. The van der Waals surface area contributed by atoms with Crippen LogP contribution >= 0.6 is 0 Å². The van der Waals surface area contributed by atoms with Crippen molar-refractivity contribution in [3.05, 3.63) is 48.0 Å². The molecule has 19 heavy (non-hydrogen) atoms. The first-order chi connectivity index (χ1) is 8.95. The standard InChI is InChI=1S/C10H11F3O.C3H6.C2H6/c11-10(12,13)9-5-3-8(4-6-9)2-1-7-14;1-3-2;1-2/h3-6,14H,1-2,7H2;3H,1H2,2H3;1-2H3. The normalized spacial score (nSPS) is 9.63. The van der Waals surface area contributed by atoms with Crippen LogP contribution in [0, 0.1) is 0 Å². The molecule has 0 fully saturated rings. The Hall–Kier alpha value is -1.29. The van der Waals surface area contributed by atoms with Crippen molar-refractivity contribution in [3.63, 3.8) is 0 Å². The highest BCUT2D eigenvalue weighted by molar-refractivity contribution is 5.24. The second-order valence-corrected chi connectivity index (χ2v) is 3.43. The van der Waals surface area contributed by atoms with Crippen LogP contribution in [0.25, 0.3) is 0 Å². The minimum Gasteiger partial charge on any atom is -0.396 e. The molecule has 0 atom stereocenters. The molecule has 0 aliphatic heterocycles. The van der Waals surface area contributed by atoms with Gasteiger partial charge in [0.05, 0.1) is 5.56 Å². The highest BCUT2D eigenvalue weighted by Crippen LogP contribution is 2.29. The van der Waals surface area contributed by atoms with Crippen LogP contribution < -0.4 is 0 Å². The number of rotatable bonds is 3. The summed E-state index contributed by atoms with van der Waals surface area (Å²) in [6.07, 6.45) is -1.34. The summed E-state index contributed by atoms with van der Waals surface area (Å²) in [5, 5.41) is 8.53. The number of hydrogen-bond acceptors (Lipinski definition) is 1. The van der Waals surface area contributed by atoms with E-state index in [4.69, 9.17) is 5.11 Å². The molecule has 110 valence electrons. The van der Waals surface area contributed by atoms with Gasteiger partial charge in [-0.15, -0.1) is 6.58 Å². The van der Waals surface area contributed by atoms with E-state index in [1.165, 1.54) is 12.1 Å². The van der Waals surface area contributed by atoms with Gasteiger partial charge in [-0.1, -0.05) is 32.1 Å². The second-order valence-electron chi connectivity index (χ2n) is 3.43. The third-order valence-electron chi connectivity index (χ3n) is 1.90. The first-order valence-electron chi connectivity index (χ1n) is 6.29. The zero-order chi connectivity index (χ0) is 15.3. The Labute approximate surface area is 113 Å². The van der Waals surface area contributed by atoms with Crippen molar-refractivity contribution in [3.8, 4) is 0 Å². The van der Waals surface area contributed by atoms with E-state index in [-0.39, 0.29) is 6.61 Å². The minimum atomic E-state index is -4.27. The highest BCUT2D eigenvalue weighted by atomic mass is 19.4. The fraction of sp³-hybridized carbons (Fsp3) is 0.467. The first kappa shape index (κ1) is 20.0. The van der Waals surface area contributed by atoms with Gasteiger partial charge in [-0.05, 0) is 37.5 Å². The lowest BCUT2D eigenvalue weighted by Gasteiger charge is -2.06. The van der Waals surface area contributed by atoms with E-state index in [1.807, 2.05) is 20.8 Å². The Morgan fingerprint density at radius 2 is 1.58 bits per heavy atom. The van der Waals surface area contributed by atoms with Gasteiger partial charge in [-0.25, -0.2) is 0 Å². The van der Waals surface area contributed by atoms with Crippen LogP contribution in [0.5, 0.6) is 0 Å². The minimum absolute atomic E-state index is 0.0566. The lowest BCUT2D eigenvalue weighted by Crippen LogP contribution is -2.04. The van der Waals surface area contributed by atoms with E-state index in [1.54, 1.807) is 6.08 Å². The van der Waals surface area contributed by atoms with Crippen molar-refractivity contribution in [1.29, 1.82) is 0 Å². The lowest BCUT2D eigenvalue weighted by molar-refractivity contribution is -0.137. The molecule has 0 amide bonds. The molecule has 0 saturated carbocycles. The van der Waals surface area contributed by atoms with Crippen LogP contribution in [-0.2, 0) is 12.6 Å². The maximum absolute atomic E-state index is 12.1. The largest absolute Gasteiger partial charge is 0.416 e. The number of aliphatic hydroxyl groups excluding tert-OH is 1. The molecule has 1 rings (SSSR count). The third-order valence-corrected chi connectivity index (χ3v) is 1.90. The van der Waals surface area contributed by atoms with Crippen molar-refractivity contribution < 1.29 is 18.3 Å². The van der Waals surface area contributed by atoms with Gasteiger partial charge in [0.1, 0.15) is 0 Å². The molecule has 1 aromatic rings. The summed E-state index contributed by atoms with van der Waals surface area (Å²) in [6.45, 7) is 9.31. The first-order valence-corrected chi connectivity index (χ1v) is 6.29. The Balaban J connectivity index is 0. The van der Waals surface area contributed by atoms with Gasteiger partial charge in [0.15, 0.2) is 0 Å². The molecule has 0 saturated heterocycles. The summed E-state index contributed by atoms with van der Waals surface area (Å²) in [5.74, 6) is 0. The van der Waals surface area contributed by atoms with Crippen LogP contribution in [-0.4, -0.2) is 11.7 Å². The smallest absolute Gasteiger partial charge is 0.396 e. The monoisotopic (exact) mass is 276 g/mol. The number of hydrogen-bond donors (Lipinski definition) is 1. The SMILES string of the molecule is C=CC.CC.OCCCc1ccc(C(F)(F)F)cc1. The zero-order valence-corrected chi connectivity index (χ0v) is 11.8. The topological polar surface area (TPSA) is 20.2 Å². The average Bonchev–Trinajstić information content (AvgIpc) is 2.39. The molecular weight excluding hydrogens is 253 g/mol. The molecule has 0 aliphatic carbocycles. The molecule has 1 N–H and O–H groups in total. The van der Waals surface area contributed by atoms with Crippen molar-refractivity contribution in [2.45, 2.75) is 39.8 Å². The predicted molar refractivity (Wildman–Crippen MR) is 74.1 cm³/mol. The molecule has 1 nitrogen and oxygen atoms in total. The quantitative estimate of drug-likeness (QED) is 0.782. The third kappa shape index (κ3) is 10.3. The van der Waals surface area contributed by atoms with Gasteiger partial charge >= 0.3 is 6.18 Å². The molecule has 0 bridgehead atoms. The summed E-state index contributed by atoms with van der Waals surface area (Å²) in [6, 6.07) is 5.01. The van der Waals surface area contributed by atoms with E-state index >= 15 is 0 Å². The van der Waals surface area contributed by atoms with Crippen LogP contribution in [0.2, 0.25) is 0 Å². The summed E-state index contributed by atoms with van der Waals surface area (Å²) in [5.41, 5.74) is 0.178. The van der Waals surface area contributed by atoms with Gasteiger partial charge in [-0.2, -0.15) is 13.2 Å². The van der Waals surface area contributed by atoms with Crippen molar-refractivity contribution in [2.75, 3.05) is 6.61 Å². The van der Waals surface area contributed by atoms with Crippen LogP contribution in [0.15, 0.2) is 36.9 Å². The van der Waals surface area contributed by atoms with Gasteiger partial charge in [0, 0.05) is 6.61 Å². The maximum atomic E-state index is 12.1. The molecule has 0 spiro atoms. The zero-order valence-electron chi connectivity index (χ0n) is 11.8. The molecule has 0 unspecified atom stereocenters. The molecule has 4 heteroatoms. The number of aliphatic hydroxyl groups is 1. The number of aryl methyl sites for hydroxylation is 1. The average molecular weight is 276 g/mol. The summed E-state index contributed by atoms with van der Waals surface area (Å²) in [4.78, 5) is 0. The number of halogens is 3. The highest BCUT2D eigenvalue weighted by Gasteiger charge is 2.29. The van der Waals surface area contributed by atoms with E-state index in [0.29, 0.717) is 12.8 Å². The summed E-state index contributed by atoms with van der Waals surface area (Å²) < 4.78 is 36.4. The molecule has 0 radical (unpaired) electrons. The van der Waals surface area contributed by atoms with Crippen LogP contribution in [0.4, 0.5) is 13.2 Å². The van der Waals surface area contributed by atoms with Gasteiger partial charge < -0.3 is 5.11 Å². The van der Waals surface area contributed by atoms with Gasteiger partial charge in [0.2, 0.25) is 0 Å². The van der Waals surface area contributed by atoms with E-state index in [9.17, 15) is 13.2 Å². The lowest BCUT2D eigenvalue weighted by atomic mass is 10.1. The maximum Gasteiger partial charge on any atom is 0.416 e. The fourth-order valence-electron chi connectivity index (χ4n) is 1.14. The van der Waals surface area contributed by atoms with Crippen LogP contribution in [0.3, 0.4) is 0 Å². The Kier molecular flexibility index (Phi) is 12.4. The summed E-state index contributed by atoms with van der Waals surface area (Å²) in [7, 11) is 0. The van der Waals surface area contributed by atoms with Crippen molar-refractivity contribution in [1.82, 2.24) is 0 Å². The Morgan fingerprint density at radius 3 is 1.89 bits per heavy atom. The number of alkyl halides is 3. The van der Waals surface area contributed by atoms with E-state index < -0.39 is 11.7 Å². The van der Waals surface area contributed by atoms with Crippen molar-refractivity contribution in [2.24, 2.45) is 0 Å². The Bertz CT molecular complexity index is 315. The number of allylic oxidation sites excluding steroid dienone is 1. The van der Waals surface area contributed by atoms with E-state index in [0.717, 1.165) is 17.7 Å². The fourth-order valence-corrected chi connectivity index (χ4v) is 1.14. The number of benzene rings is 1. The molecule has 0 aliphatic rings. The molecular formula is C15H23F3O. The Morgan fingerprint density at radius 1 is 1.16 bits per heavy atom.